The van der Waals surface area contributed by atoms with Crippen molar-refractivity contribution in [1.82, 2.24) is 5.32 Å². The van der Waals surface area contributed by atoms with Crippen LogP contribution in [0.25, 0.3) is 0 Å². The fourth-order valence-corrected chi connectivity index (χ4v) is 3.40. The van der Waals surface area contributed by atoms with Gasteiger partial charge in [-0.15, -0.1) is 11.3 Å². The van der Waals surface area contributed by atoms with E-state index in [0.717, 1.165) is 6.54 Å². The first kappa shape index (κ1) is 14.2. The molecule has 1 N–H and O–H groups in total. The summed E-state index contributed by atoms with van der Waals surface area (Å²) >= 11 is 5.52. The number of halogens is 1. The van der Waals surface area contributed by atoms with E-state index < -0.39 is 0 Å². The van der Waals surface area contributed by atoms with Crippen molar-refractivity contribution in [3.8, 4) is 0 Å². The molecule has 0 amide bonds. The molecule has 0 aliphatic carbocycles. The Balaban J connectivity index is 2.66. The Hall–Kier alpha value is 0.140. The summed E-state index contributed by atoms with van der Waals surface area (Å²) in [6.45, 7) is 7.77. The van der Waals surface area contributed by atoms with Gasteiger partial charge in [-0.05, 0) is 48.3 Å². The van der Waals surface area contributed by atoms with Crippen LogP contribution in [0.3, 0.4) is 0 Å². The number of hydrogen-bond acceptors (Lipinski definition) is 2. The van der Waals surface area contributed by atoms with Crippen molar-refractivity contribution in [2.75, 3.05) is 6.54 Å². The average molecular weight is 304 g/mol. The van der Waals surface area contributed by atoms with E-state index in [1.54, 1.807) is 0 Å². The lowest BCUT2D eigenvalue weighted by atomic mass is 10.1. The molecule has 1 unspecified atom stereocenters. The van der Waals surface area contributed by atoms with Crippen molar-refractivity contribution in [2.24, 2.45) is 0 Å². The lowest BCUT2D eigenvalue weighted by Crippen LogP contribution is -2.21. The molecule has 0 aliphatic heterocycles. The third-order valence-electron chi connectivity index (χ3n) is 2.71. The summed E-state index contributed by atoms with van der Waals surface area (Å²) in [6.07, 6.45) is 5.03. The minimum atomic E-state index is 0.551. The molecule has 1 nitrogen and oxygen atoms in total. The van der Waals surface area contributed by atoms with Crippen molar-refractivity contribution >= 4 is 27.3 Å². The molecule has 0 fully saturated rings. The number of rotatable bonds is 7. The van der Waals surface area contributed by atoms with E-state index in [4.69, 9.17) is 0 Å². The zero-order chi connectivity index (χ0) is 12.0. The predicted octanol–water partition coefficient (Wildman–Crippen LogP) is 5.05. The summed E-state index contributed by atoms with van der Waals surface area (Å²) in [6, 6.07) is 2.83. The van der Waals surface area contributed by atoms with Gasteiger partial charge in [0.15, 0.2) is 0 Å². The van der Waals surface area contributed by atoms with Crippen LogP contribution in [0.2, 0.25) is 0 Å². The van der Waals surface area contributed by atoms with Gasteiger partial charge >= 0.3 is 0 Å². The van der Waals surface area contributed by atoms with Crippen LogP contribution in [-0.4, -0.2) is 6.54 Å². The maximum Gasteiger partial charge on any atom is 0.0415 e. The third kappa shape index (κ3) is 4.19. The Bertz CT molecular complexity index is 281. The van der Waals surface area contributed by atoms with Gasteiger partial charge < -0.3 is 5.32 Å². The van der Waals surface area contributed by atoms with Crippen LogP contribution in [0, 0.1) is 6.92 Å². The van der Waals surface area contributed by atoms with Crippen molar-refractivity contribution in [2.45, 2.75) is 52.5 Å². The van der Waals surface area contributed by atoms with Crippen LogP contribution in [0.1, 0.15) is 55.3 Å². The van der Waals surface area contributed by atoms with Crippen LogP contribution >= 0.6 is 27.3 Å². The van der Waals surface area contributed by atoms with Crippen LogP contribution < -0.4 is 5.32 Å². The predicted molar refractivity (Wildman–Crippen MR) is 77.3 cm³/mol. The van der Waals surface area contributed by atoms with Crippen LogP contribution in [0.5, 0.6) is 0 Å². The Kier molecular flexibility index (Phi) is 6.62. The van der Waals surface area contributed by atoms with Gasteiger partial charge in [-0.25, -0.2) is 0 Å². The second kappa shape index (κ2) is 7.46. The maximum atomic E-state index is 3.65. The fourth-order valence-electron chi connectivity index (χ4n) is 1.72. The highest BCUT2D eigenvalue weighted by Crippen LogP contribution is 2.32. The highest BCUT2D eigenvalue weighted by atomic mass is 79.9. The van der Waals surface area contributed by atoms with E-state index in [9.17, 15) is 0 Å². The molecule has 0 saturated heterocycles. The van der Waals surface area contributed by atoms with Gasteiger partial charge in [0.1, 0.15) is 0 Å². The lowest BCUT2D eigenvalue weighted by Gasteiger charge is -2.16. The van der Waals surface area contributed by atoms with Gasteiger partial charge in [0.2, 0.25) is 0 Å². The number of nitrogens with one attached hydrogen (secondary N) is 1. The minimum absolute atomic E-state index is 0.551. The number of unbranched alkanes of at least 4 members (excludes halogenated alkanes) is 1. The number of hydrogen-bond donors (Lipinski definition) is 1. The molecule has 1 aromatic heterocycles. The highest BCUT2D eigenvalue weighted by Gasteiger charge is 2.13. The molecule has 0 saturated carbocycles. The fraction of sp³-hybridized carbons (Fsp3) is 0.692. The summed E-state index contributed by atoms with van der Waals surface area (Å²) in [7, 11) is 0. The Morgan fingerprint density at radius 3 is 2.62 bits per heavy atom. The van der Waals surface area contributed by atoms with Crippen LogP contribution in [0.4, 0.5) is 0 Å². The van der Waals surface area contributed by atoms with Crippen molar-refractivity contribution in [3.63, 3.8) is 0 Å². The van der Waals surface area contributed by atoms with E-state index in [1.165, 1.54) is 39.9 Å². The van der Waals surface area contributed by atoms with E-state index in [0.29, 0.717) is 6.04 Å². The van der Waals surface area contributed by atoms with Gasteiger partial charge in [0.05, 0.1) is 0 Å². The molecule has 1 atom stereocenters. The normalized spacial score (nSPS) is 13.0. The smallest absolute Gasteiger partial charge is 0.0415 e. The van der Waals surface area contributed by atoms with E-state index in [1.807, 2.05) is 11.3 Å². The van der Waals surface area contributed by atoms with E-state index in [-0.39, 0.29) is 0 Å². The second-order valence-electron chi connectivity index (χ2n) is 4.20. The number of thiophene rings is 1. The molecule has 0 bridgehead atoms. The minimum Gasteiger partial charge on any atom is -0.309 e. The molecular formula is C13H22BrNS. The second-order valence-corrected chi connectivity index (χ2v) is 6.34. The number of aryl methyl sites for hydroxylation is 1. The first-order chi connectivity index (χ1) is 7.69. The average Bonchev–Trinajstić information content (AvgIpc) is 2.59. The maximum absolute atomic E-state index is 3.65. The molecule has 92 valence electrons. The molecule has 1 heterocycles. The monoisotopic (exact) mass is 303 g/mol. The largest absolute Gasteiger partial charge is 0.309 e. The Labute approximate surface area is 112 Å². The summed E-state index contributed by atoms with van der Waals surface area (Å²) in [5.41, 5.74) is 0. The zero-order valence-electron chi connectivity index (χ0n) is 10.5. The van der Waals surface area contributed by atoms with Gasteiger partial charge in [-0.1, -0.05) is 26.7 Å². The van der Waals surface area contributed by atoms with Gasteiger partial charge in [0.25, 0.3) is 0 Å². The highest BCUT2D eigenvalue weighted by molar-refractivity contribution is 9.10. The van der Waals surface area contributed by atoms with E-state index >= 15 is 0 Å². The zero-order valence-corrected chi connectivity index (χ0v) is 12.9. The molecule has 0 aromatic carbocycles. The van der Waals surface area contributed by atoms with Crippen molar-refractivity contribution in [3.05, 3.63) is 20.3 Å². The van der Waals surface area contributed by atoms with Crippen molar-refractivity contribution < 1.29 is 0 Å². The standard InChI is InChI=1S/C13H22BrNS/c1-4-6-7-12(15-8-5-2)13-9-11(14)10(3)16-13/h9,12,15H,4-8H2,1-3H3. The van der Waals surface area contributed by atoms with Crippen LogP contribution in [-0.2, 0) is 0 Å². The molecule has 1 aromatic rings. The third-order valence-corrected chi connectivity index (χ3v) is 4.96. The molecule has 1 rings (SSSR count). The van der Waals surface area contributed by atoms with Gasteiger partial charge in [0, 0.05) is 20.3 Å². The van der Waals surface area contributed by atoms with Gasteiger partial charge in [-0.3, -0.25) is 0 Å². The first-order valence-electron chi connectivity index (χ1n) is 6.18. The molecular weight excluding hydrogens is 282 g/mol. The summed E-state index contributed by atoms with van der Waals surface area (Å²) in [5, 5.41) is 3.65. The van der Waals surface area contributed by atoms with E-state index in [2.05, 4.69) is 48.1 Å². The molecule has 16 heavy (non-hydrogen) atoms. The summed E-state index contributed by atoms with van der Waals surface area (Å²) in [5.74, 6) is 0. The van der Waals surface area contributed by atoms with Crippen LogP contribution in [0.15, 0.2) is 10.5 Å². The van der Waals surface area contributed by atoms with Gasteiger partial charge in [-0.2, -0.15) is 0 Å². The molecule has 0 spiro atoms. The Morgan fingerprint density at radius 2 is 2.12 bits per heavy atom. The summed E-state index contributed by atoms with van der Waals surface area (Å²) < 4.78 is 1.26. The Morgan fingerprint density at radius 1 is 1.38 bits per heavy atom. The topological polar surface area (TPSA) is 12.0 Å². The lowest BCUT2D eigenvalue weighted by molar-refractivity contribution is 0.487. The molecule has 0 aliphatic rings. The summed E-state index contributed by atoms with van der Waals surface area (Å²) in [4.78, 5) is 2.86. The molecule has 3 heteroatoms. The first-order valence-corrected chi connectivity index (χ1v) is 7.79. The molecule has 0 radical (unpaired) electrons. The quantitative estimate of drug-likeness (QED) is 0.743. The SMILES string of the molecule is CCCCC(NCCC)c1cc(Br)c(C)s1. The van der Waals surface area contributed by atoms with Crippen molar-refractivity contribution in [1.29, 1.82) is 0 Å².